The maximum atomic E-state index is 12.5. The molecule has 1 unspecified atom stereocenters. The molecule has 41 heavy (non-hydrogen) atoms. The Bertz CT molecular complexity index is 585. The summed E-state index contributed by atoms with van der Waals surface area (Å²) in [6, 6.07) is 0. The van der Waals surface area contributed by atoms with Gasteiger partial charge in [0.05, 0.1) is 0 Å². The lowest BCUT2D eigenvalue weighted by molar-refractivity contribution is -0.150. The second kappa shape index (κ2) is 33.2. The van der Waals surface area contributed by atoms with E-state index in [1.54, 1.807) is 0 Å². The van der Waals surface area contributed by atoms with E-state index < -0.39 is 5.97 Å². The van der Waals surface area contributed by atoms with Crippen LogP contribution in [0.25, 0.3) is 0 Å². The number of carboxylic acids is 1. The zero-order valence-corrected chi connectivity index (χ0v) is 27.6. The number of ether oxygens (including phenoxy) is 1. The van der Waals surface area contributed by atoms with Crippen molar-refractivity contribution < 1.29 is 19.4 Å². The van der Waals surface area contributed by atoms with Crippen LogP contribution >= 0.6 is 0 Å². The Kier molecular flexibility index (Phi) is 32.1. The minimum Gasteiger partial charge on any atom is -0.481 e. The Morgan fingerprint density at radius 3 is 1.34 bits per heavy atom. The predicted molar refractivity (Wildman–Crippen MR) is 177 cm³/mol. The fraction of sp³-hybridized carbons (Fsp3) is 0.892. The van der Waals surface area contributed by atoms with Gasteiger partial charge in [0.15, 0.2) is 0 Å². The second-order valence-corrected chi connectivity index (χ2v) is 12.4. The Morgan fingerprint density at radius 1 is 0.512 bits per heavy atom. The Balaban J connectivity index is 3.83. The number of unbranched alkanes of at least 4 members (excludes halogenated alkanes) is 22. The fourth-order valence-corrected chi connectivity index (χ4v) is 5.53. The molecule has 0 aromatic heterocycles. The summed E-state index contributed by atoms with van der Waals surface area (Å²) in [5.41, 5.74) is 0. The Morgan fingerprint density at radius 2 is 0.878 bits per heavy atom. The van der Waals surface area contributed by atoms with Crippen LogP contribution in [0.5, 0.6) is 0 Å². The summed E-state index contributed by atoms with van der Waals surface area (Å²) in [7, 11) is 0. The largest absolute Gasteiger partial charge is 0.481 e. The van der Waals surface area contributed by atoms with Crippen molar-refractivity contribution in [2.24, 2.45) is 0 Å². The van der Waals surface area contributed by atoms with Crippen molar-refractivity contribution in [1.29, 1.82) is 0 Å². The molecular formula is C37H70O4. The van der Waals surface area contributed by atoms with E-state index in [1.165, 1.54) is 135 Å². The lowest BCUT2D eigenvalue weighted by atomic mass is 10.0. The van der Waals surface area contributed by atoms with Gasteiger partial charge in [-0.3, -0.25) is 9.59 Å². The van der Waals surface area contributed by atoms with Crippen LogP contribution in [0.15, 0.2) is 12.2 Å². The molecule has 0 saturated carbocycles. The van der Waals surface area contributed by atoms with Crippen molar-refractivity contribution in [1.82, 2.24) is 0 Å². The highest BCUT2D eigenvalue weighted by molar-refractivity contribution is 5.69. The first-order chi connectivity index (χ1) is 20.1. The van der Waals surface area contributed by atoms with Gasteiger partial charge in [-0.05, 0) is 64.2 Å². The number of carbonyl (C=O) groups is 2. The highest BCUT2D eigenvalue weighted by Crippen LogP contribution is 2.18. The van der Waals surface area contributed by atoms with Gasteiger partial charge in [-0.1, -0.05) is 142 Å². The summed E-state index contributed by atoms with van der Waals surface area (Å²) in [4.78, 5) is 23.3. The Hall–Kier alpha value is -1.32. The molecule has 0 aromatic carbocycles. The third-order valence-corrected chi connectivity index (χ3v) is 8.24. The van der Waals surface area contributed by atoms with E-state index in [4.69, 9.17) is 9.84 Å². The minimum absolute atomic E-state index is 0.0410. The van der Waals surface area contributed by atoms with E-state index in [-0.39, 0.29) is 18.5 Å². The summed E-state index contributed by atoms with van der Waals surface area (Å²) in [6.07, 6.45) is 39.4. The van der Waals surface area contributed by atoms with Gasteiger partial charge in [-0.25, -0.2) is 0 Å². The van der Waals surface area contributed by atoms with E-state index in [1.807, 2.05) is 0 Å². The SMILES string of the molecule is CCCCCCCC/C=C\CCCCCCCCCC(=O)OC(CCCCCCCCCCC)CCCCC(=O)O. The summed E-state index contributed by atoms with van der Waals surface area (Å²) < 4.78 is 5.87. The van der Waals surface area contributed by atoms with Crippen molar-refractivity contribution in [3.8, 4) is 0 Å². The molecule has 4 heteroatoms. The third kappa shape index (κ3) is 33.1. The Labute approximate surface area is 255 Å². The molecule has 0 aliphatic carbocycles. The predicted octanol–water partition coefficient (Wildman–Crippen LogP) is 12.3. The smallest absolute Gasteiger partial charge is 0.306 e. The first-order valence-electron chi connectivity index (χ1n) is 18.2. The maximum Gasteiger partial charge on any atom is 0.306 e. The van der Waals surface area contributed by atoms with Crippen LogP contribution in [0.4, 0.5) is 0 Å². The molecule has 1 N–H and O–H groups in total. The number of rotatable bonds is 33. The van der Waals surface area contributed by atoms with Crippen LogP contribution in [0.2, 0.25) is 0 Å². The van der Waals surface area contributed by atoms with Gasteiger partial charge < -0.3 is 9.84 Å². The number of hydrogen-bond acceptors (Lipinski definition) is 3. The van der Waals surface area contributed by atoms with Crippen molar-refractivity contribution in [3.05, 3.63) is 12.2 Å². The average Bonchev–Trinajstić information content (AvgIpc) is 2.95. The normalized spacial score (nSPS) is 12.2. The average molecular weight is 579 g/mol. The maximum absolute atomic E-state index is 12.5. The van der Waals surface area contributed by atoms with Crippen LogP contribution in [0, 0.1) is 0 Å². The number of aliphatic carboxylic acids is 1. The lowest BCUT2D eigenvalue weighted by Gasteiger charge is -2.18. The van der Waals surface area contributed by atoms with Crippen LogP contribution in [0.3, 0.4) is 0 Å². The fourth-order valence-electron chi connectivity index (χ4n) is 5.53. The molecule has 0 aliphatic rings. The lowest BCUT2D eigenvalue weighted by Crippen LogP contribution is -2.18. The molecule has 0 heterocycles. The van der Waals surface area contributed by atoms with E-state index in [2.05, 4.69) is 26.0 Å². The molecule has 4 nitrogen and oxygen atoms in total. The second-order valence-electron chi connectivity index (χ2n) is 12.4. The molecule has 0 spiro atoms. The standard InChI is InChI=1S/C37H70O4/c1-3-5-7-9-11-13-14-15-16-17-18-19-20-22-24-26-28-34-37(40)41-35(32-29-30-33-36(38)39)31-27-25-23-21-12-10-8-6-4-2/h15-16,35H,3-14,17-34H2,1-2H3,(H,38,39)/b16-15-. The number of carboxylic acid groups (broad SMARTS) is 1. The number of carbonyl (C=O) groups excluding carboxylic acids is 1. The summed E-state index contributed by atoms with van der Waals surface area (Å²) in [5, 5.41) is 8.90. The van der Waals surface area contributed by atoms with Crippen molar-refractivity contribution in [2.45, 2.75) is 213 Å². The molecule has 0 radical (unpaired) electrons. The first kappa shape index (κ1) is 39.7. The number of allylic oxidation sites excluding steroid dienone is 2. The monoisotopic (exact) mass is 579 g/mol. The van der Waals surface area contributed by atoms with Crippen LogP contribution in [-0.2, 0) is 14.3 Å². The summed E-state index contributed by atoms with van der Waals surface area (Å²) >= 11 is 0. The topological polar surface area (TPSA) is 63.6 Å². The van der Waals surface area contributed by atoms with Gasteiger partial charge in [0.25, 0.3) is 0 Å². The van der Waals surface area contributed by atoms with E-state index in [0.717, 1.165) is 38.5 Å². The van der Waals surface area contributed by atoms with Gasteiger partial charge in [-0.15, -0.1) is 0 Å². The molecule has 0 rings (SSSR count). The third-order valence-electron chi connectivity index (χ3n) is 8.24. The molecule has 0 fully saturated rings. The molecule has 0 aromatic rings. The van der Waals surface area contributed by atoms with Gasteiger partial charge in [0.1, 0.15) is 6.10 Å². The number of esters is 1. The highest BCUT2D eigenvalue weighted by Gasteiger charge is 2.14. The molecule has 0 aliphatic heterocycles. The highest BCUT2D eigenvalue weighted by atomic mass is 16.5. The quantitative estimate of drug-likeness (QED) is 0.0478. The van der Waals surface area contributed by atoms with E-state index in [0.29, 0.717) is 12.8 Å². The van der Waals surface area contributed by atoms with E-state index in [9.17, 15) is 9.59 Å². The molecule has 242 valence electrons. The molecule has 1 atom stereocenters. The number of hydrogen-bond donors (Lipinski definition) is 1. The van der Waals surface area contributed by atoms with E-state index >= 15 is 0 Å². The molecule has 0 bridgehead atoms. The zero-order chi connectivity index (χ0) is 30.1. The van der Waals surface area contributed by atoms with Crippen LogP contribution in [0.1, 0.15) is 206 Å². The summed E-state index contributed by atoms with van der Waals surface area (Å²) in [6.45, 7) is 4.53. The van der Waals surface area contributed by atoms with Gasteiger partial charge in [0, 0.05) is 12.8 Å². The van der Waals surface area contributed by atoms with Crippen molar-refractivity contribution >= 4 is 11.9 Å². The zero-order valence-electron chi connectivity index (χ0n) is 27.6. The van der Waals surface area contributed by atoms with Crippen molar-refractivity contribution in [2.75, 3.05) is 0 Å². The molecule has 0 saturated heterocycles. The van der Waals surface area contributed by atoms with Gasteiger partial charge in [-0.2, -0.15) is 0 Å². The molecular weight excluding hydrogens is 508 g/mol. The summed E-state index contributed by atoms with van der Waals surface area (Å²) in [5.74, 6) is -0.801. The van der Waals surface area contributed by atoms with Crippen molar-refractivity contribution in [3.63, 3.8) is 0 Å². The van der Waals surface area contributed by atoms with Crippen LogP contribution in [-0.4, -0.2) is 23.1 Å². The first-order valence-corrected chi connectivity index (χ1v) is 18.2. The molecule has 0 amide bonds. The van der Waals surface area contributed by atoms with Gasteiger partial charge in [0.2, 0.25) is 0 Å². The minimum atomic E-state index is -0.742. The van der Waals surface area contributed by atoms with Gasteiger partial charge >= 0.3 is 11.9 Å². The van der Waals surface area contributed by atoms with Crippen LogP contribution < -0.4 is 0 Å².